The highest BCUT2D eigenvalue weighted by Crippen LogP contribution is 2.22. The molecule has 120 valence electrons. The second-order valence-corrected chi connectivity index (χ2v) is 5.85. The molecule has 6 heteroatoms. The molecular weight excluding hydrogens is 310 g/mol. The number of aryl methyl sites for hydroxylation is 1. The third kappa shape index (κ3) is 2.97. The Morgan fingerprint density at radius 2 is 2.00 bits per heavy atom. The summed E-state index contributed by atoms with van der Waals surface area (Å²) in [4.78, 5) is 4.31. The number of anilines is 1. The first-order valence-corrected chi connectivity index (χ1v) is 8.02. The lowest BCUT2D eigenvalue weighted by molar-refractivity contribution is 0.802. The Morgan fingerprint density at radius 3 is 2.65 bits per heavy atom. The van der Waals surface area contributed by atoms with E-state index in [9.17, 15) is 0 Å². The SMILES string of the molecule is CCc1c(NCc2ncc(Cl)n2C)cnn1-c1ccccc1C. The van der Waals surface area contributed by atoms with Crippen LogP contribution in [-0.4, -0.2) is 19.3 Å². The average Bonchev–Trinajstić information content (AvgIpc) is 3.10. The second-order valence-electron chi connectivity index (χ2n) is 5.47. The Balaban J connectivity index is 1.87. The molecule has 0 aliphatic carbocycles. The smallest absolute Gasteiger partial charge is 0.128 e. The normalized spacial score (nSPS) is 11.0. The molecule has 0 aliphatic rings. The molecule has 3 aromatic rings. The van der Waals surface area contributed by atoms with Crippen molar-refractivity contribution < 1.29 is 0 Å². The van der Waals surface area contributed by atoms with Crippen molar-refractivity contribution in [1.82, 2.24) is 19.3 Å². The number of benzene rings is 1. The monoisotopic (exact) mass is 329 g/mol. The zero-order chi connectivity index (χ0) is 16.4. The maximum atomic E-state index is 6.03. The standard InChI is InChI=1S/C17H20ClN5/c1-4-14-13(19-11-17-20-10-16(18)22(17)3)9-21-23(14)15-8-6-5-7-12(15)2/h5-10,19H,4,11H2,1-3H3. The Hall–Kier alpha value is -2.27. The topological polar surface area (TPSA) is 47.7 Å². The summed E-state index contributed by atoms with van der Waals surface area (Å²) >= 11 is 6.03. The fraction of sp³-hybridized carbons (Fsp3) is 0.294. The van der Waals surface area contributed by atoms with Gasteiger partial charge >= 0.3 is 0 Å². The highest BCUT2D eigenvalue weighted by molar-refractivity contribution is 6.29. The summed E-state index contributed by atoms with van der Waals surface area (Å²) in [6, 6.07) is 8.26. The number of aromatic nitrogens is 4. The van der Waals surface area contributed by atoms with Crippen molar-refractivity contribution >= 4 is 17.3 Å². The maximum Gasteiger partial charge on any atom is 0.128 e. The van der Waals surface area contributed by atoms with Crippen molar-refractivity contribution in [2.75, 3.05) is 5.32 Å². The van der Waals surface area contributed by atoms with Crippen molar-refractivity contribution in [2.24, 2.45) is 7.05 Å². The third-order valence-electron chi connectivity index (χ3n) is 4.01. The molecule has 0 saturated carbocycles. The van der Waals surface area contributed by atoms with Crippen molar-refractivity contribution in [3.05, 3.63) is 58.9 Å². The van der Waals surface area contributed by atoms with Gasteiger partial charge in [-0.05, 0) is 25.0 Å². The first kappa shape index (κ1) is 15.6. The summed E-state index contributed by atoms with van der Waals surface area (Å²) in [5.41, 5.74) is 4.49. The quantitative estimate of drug-likeness (QED) is 0.775. The summed E-state index contributed by atoms with van der Waals surface area (Å²) < 4.78 is 3.87. The van der Waals surface area contributed by atoms with Gasteiger partial charge < -0.3 is 9.88 Å². The number of nitrogens with one attached hydrogen (secondary N) is 1. The average molecular weight is 330 g/mol. The van der Waals surface area contributed by atoms with Crippen molar-refractivity contribution in [3.8, 4) is 5.69 Å². The van der Waals surface area contributed by atoms with Gasteiger partial charge in [0.1, 0.15) is 11.0 Å². The molecule has 23 heavy (non-hydrogen) atoms. The predicted octanol–water partition coefficient (Wildman–Crippen LogP) is 3.74. The van der Waals surface area contributed by atoms with E-state index in [0.29, 0.717) is 11.7 Å². The van der Waals surface area contributed by atoms with E-state index >= 15 is 0 Å². The molecule has 0 fully saturated rings. The van der Waals surface area contributed by atoms with Crippen molar-refractivity contribution in [3.63, 3.8) is 0 Å². The molecule has 0 saturated heterocycles. The van der Waals surface area contributed by atoms with Gasteiger partial charge in [-0.15, -0.1) is 0 Å². The fourth-order valence-corrected chi connectivity index (χ4v) is 2.78. The highest BCUT2D eigenvalue weighted by Gasteiger charge is 2.13. The van der Waals surface area contributed by atoms with E-state index in [-0.39, 0.29) is 0 Å². The molecule has 0 unspecified atom stereocenters. The van der Waals surface area contributed by atoms with Crippen LogP contribution in [0.15, 0.2) is 36.7 Å². The third-order valence-corrected chi connectivity index (χ3v) is 4.36. The van der Waals surface area contributed by atoms with Crippen LogP contribution in [-0.2, 0) is 20.0 Å². The number of halogens is 1. The Morgan fingerprint density at radius 1 is 1.22 bits per heavy atom. The molecule has 2 heterocycles. The van der Waals surface area contributed by atoms with Crippen LogP contribution < -0.4 is 5.32 Å². The van der Waals surface area contributed by atoms with Gasteiger partial charge in [-0.3, -0.25) is 0 Å². The molecular formula is C17H20ClN5. The number of para-hydroxylation sites is 1. The van der Waals surface area contributed by atoms with Crippen LogP contribution in [0.2, 0.25) is 5.15 Å². The van der Waals surface area contributed by atoms with E-state index in [2.05, 4.69) is 41.4 Å². The minimum absolute atomic E-state index is 0.607. The van der Waals surface area contributed by atoms with Gasteiger partial charge in [0.05, 0.1) is 36.0 Å². The highest BCUT2D eigenvalue weighted by atomic mass is 35.5. The minimum atomic E-state index is 0.607. The zero-order valence-corrected chi connectivity index (χ0v) is 14.3. The van der Waals surface area contributed by atoms with Crippen LogP contribution in [0.4, 0.5) is 5.69 Å². The van der Waals surface area contributed by atoms with E-state index in [1.165, 1.54) is 5.56 Å². The van der Waals surface area contributed by atoms with Crippen molar-refractivity contribution in [1.29, 1.82) is 0 Å². The molecule has 5 nitrogen and oxygen atoms in total. The van der Waals surface area contributed by atoms with Crippen LogP contribution in [0.1, 0.15) is 24.0 Å². The van der Waals surface area contributed by atoms with Gasteiger partial charge in [0.2, 0.25) is 0 Å². The van der Waals surface area contributed by atoms with E-state index in [0.717, 1.165) is 29.3 Å². The Labute approximate surface area is 140 Å². The summed E-state index contributed by atoms with van der Waals surface area (Å²) in [6.07, 6.45) is 4.42. The molecule has 1 aromatic carbocycles. The molecule has 0 spiro atoms. The van der Waals surface area contributed by atoms with Crippen LogP contribution in [0.5, 0.6) is 0 Å². The molecule has 2 aromatic heterocycles. The number of imidazole rings is 1. The van der Waals surface area contributed by atoms with E-state index in [1.54, 1.807) is 6.20 Å². The number of nitrogens with zero attached hydrogens (tertiary/aromatic N) is 4. The summed E-state index contributed by atoms with van der Waals surface area (Å²) in [6.45, 7) is 4.84. The number of hydrogen-bond acceptors (Lipinski definition) is 3. The zero-order valence-electron chi connectivity index (χ0n) is 13.5. The molecule has 0 bridgehead atoms. The summed E-state index contributed by atoms with van der Waals surface area (Å²) in [5, 5.41) is 8.61. The van der Waals surface area contributed by atoms with E-state index in [4.69, 9.17) is 11.6 Å². The number of hydrogen-bond donors (Lipinski definition) is 1. The van der Waals surface area contributed by atoms with Gasteiger partial charge in [0.15, 0.2) is 0 Å². The second kappa shape index (κ2) is 6.46. The van der Waals surface area contributed by atoms with Gasteiger partial charge in [-0.1, -0.05) is 36.7 Å². The fourth-order valence-electron chi connectivity index (χ4n) is 2.63. The maximum absolute atomic E-state index is 6.03. The Bertz CT molecular complexity index is 818. The van der Waals surface area contributed by atoms with Crippen molar-refractivity contribution in [2.45, 2.75) is 26.8 Å². The van der Waals surface area contributed by atoms with Crippen LogP contribution >= 0.6 is 11.6 Å². The molecule has 0 radical (unpaired) electrons. The predicted molar refractivity (Wildman–Crippen MR) is 93.2 cm³/mol. The first-order chi connectivity index (χ1) is 11.1. The van der Waals surface area contributed by atoms with Gasteiger partial charge in [0, 0.05) is 7.05 Å². The van der Waals surface area contributed by atoms with Crippen LogP contribution in [0.25, 0.3) is 5.69 Å². The van der Waals surface area contributed by atoms with E-state index in [1.807, 2.05) is 34.6 Å². The molecule has 1 N–H and O–H groups in total. The summed E-state index contributed by atoms with van der Waals surface area (Å²) in [7, 11) is 1.91. The van der Waals surface area contributed by atoms with Gasteiger partial charge in [-0.25, -0.2) is 9.67 Å². The molecule has 0 amide bonds. The molecule has 0 atom stereocenters. The lowest BCUT2D eigenvalue weighted by Gasteiger charge is -2.11. The molecule has 0 aliphatic heterocycles. The van der Waals surface area contributed by atoms with Gasteiger partial charge in [-0.2, -0.15) is 5.10 Å². The molecule has 3 rings (SSSR count). The van der Waals surface area contributed by atoms with Gasteiger partial charge in [0.25, 0.3) is 0 Å². The lowest BCUT2D eigenvalue weighted by Crippen LogP contribution is -2.08. The Kier molecular flexibility index (Phi) is 4.39. The largest absolute Gasteiger partial charge is 0.375 e. The lowest BCUT2D eigenvalue weighted by atomic mass is 10.2. The van der Waals surface area contributed by atoms with Crippen LogP contribution in [0.3, 0.4) is 0 Å². The van der Waals surface area contributed by atoms with E-state index < -0.39 is 0 Å². The minimum Gasteiger partial charge on any atom is -0.375 e. The number of rotatable bonds is 5. The summed E-state index contributed by atoms with van der Waals surface area (Å²) in [5.74, 6) is 0.890. The first-order valence-electron chi connectivity index (χ1n) is 7.64. The van der Waals surface area contributed by atoms with Crippen LogP contribution in [0, 0.1) is 6.92 Å².